The molecule has 0 spiro atoms. The maximum atomic E-state index is 11.5. The van der Waals surface area contributed by atoms with E-state index < -0.39 is 0 Å². The first-order valence-electron chi connectivity index (χ1n) is 7.43. The number of aryl methyl sites for hydroxylation is 3. The summed E-state index contributed by atoms with van der Waals surface area (Å²) in [5.41, 5.74) is 12.2. The van der Waals surface area contributed by atoms with Gasteiger partial charge in [-0.15, -0.1) is 0 Å². The van der Waals surface area contributed by atoms with Gasteiger partial charge < -0.3 is 10.3 Å². The van der Waals surface area contributed by atoms with Crippen LogP contribution in [0, 0.1) is 19.8 Å². The van der Waals surface area contributed by atoms with Gasteiger partial charge >= 0.3 is 0 Å². The van der Waals surface area contributed by atoms with Gasteiger partial charge in [-0.2, -0.15) is 0 Å². The SMILES string of the molecule is CCn1c2c(c3cc(C)c(C)cc31)CC(C(N)=O)CC2. The second-order valence-corrected chi connectivity index (χ2v) is 5.97. The summed E-state index contributed by atoms with van der Waals surface area (Å²) in [5, 5.41) is 1.32. The van der Waals surface area contributed by atoms with Crippen molar-refractivity contribution in [2.45, 2.75) is 46.6 Å². The van der Waals surface area contributed by atoms with Gasteiger partial charge in [0.15, 0.2) is 0 Å². The monoisotopic (exact) mass is 270 g/mol. The molecule has 1 atom stereocenters. The summed E-state index contributed by atoms with van der Waals surface area (Å²) in [6, 6.07) is 4.56. The average molecular weight is 270 g/mol. The largest absolute Gasteiger partial charge is 0.369 e. The van der Waals surface area contributed by atoms with Crippen molar-refractivity contribution in [1.82, 2.24) is 4.57 Å². The lowest BCUT2D eigenvalue weighted by Gasteiger charge is -2.21. The Labute approximate surface area is 119 Å². The van der Waals surface area contributed by atoms with Crippen LogP contribution in [0.3, 0.4) is 0 Å². The minimum atomic E-state index is -0.156. The molecular weight excluding hydrogens is 248 g/mol. The van der Waals surface area contributed by atoms with Crippen molar-refractivity contribution in [3.63, 3.8) is 0 Å². The number of carbonyl (C=O) groups excluding carboxylic acids is 1. The van der Waals surface area contributed by atoms with Gasteiger partial charge in [0.25, 0.3) is 0 Å². The summed E-state index contributed by atoms with van der Waals surface area (Å²) in [7, 11) is 0. The van der Waals surface area contributed by atoms with Crippen LogP contribution in [0.25, 0.3) is 10.9 Å². The van der Waals surface area contributed by atoms with Crippen molar-refractivity contribution in [3.05, 3.63) is 34.5 Å². The highest BCUT2D eigenvalue weighted by molar-refractivity contribution is 5.88. The van der Waals surface area contributed by atoms with E-state index in [1.165, 1.54) is 33.3 Å². The van der Waals surface area contributed by atoms with Crippen LogP contribution in [-0.4, -0.2) is 10.5 Å². The molecule has 1 unspecified atom stereocenters. The van der Waals surface area contributed by atoms with Gasteiger partial charge in [0.1, 0.15) is 0 Å². The molecule has 0 radical (unpaired) electrons. The molecule has 0 aliphatic heterocycles. The van der Waals surface area contributed by atoms with Crippen LogP contribution in [0.2, 0.25) is 0 Å². The summed E-state index contributed by atoms with van der Waals surface area (Å²) in [6.45, 7) is 7.48. The first-order chi connectivity index (χ1) is 9.52. The summed E-state index contributed by atoms with van der Waals surface area (Å²) >= 11 is 0. The molecule has 1 aromatic heterocycles. The zero-order valence-corrected chi connectivity index (χ0v) is 12.5. The predicted octanol–water partition coefficient (Wildman–Crippen LogP) is 2.87. The van der Waals surface area contributed by atoms with Gasteiger partial charge in [-0.25, -0.2) is 0 Å². The quantitative estimate of drug-likeness (QED) is 0.896. The summed E-state index contributed by atoms with van der Waals surface area (Å²) in [6.07, 6.45) is 2.65. The standard InChI is InChI=1S/C17H22N2O/c1-4-19-15-6-5-12(17(18)20)9-14(15)13-7-10(2)11(3)8-16(13)19/h7-8,12H,4-6,9H2,1-3H3,(H2,18,20). The minimum absolute atomic E-state index is 0.0000142. The van der Waals surface area contributed by atoms with E-state index in [0.29, 0.717) is 0 Å². The normalized spacial score (nSPS) is 18.2. The summed E-state index contributed by atoms with van der Waals surface area (Å²) in [4.78, 5) is 11.5. The molecule has 2 N–H and O–H groups in total. The molecule has 3 rings (SSSR count). The molecular formula is C17H22N2O. The molecule has 20 heavy (non-hydrogen) atoms. The molecule has 1 aliphatic carbocycles. The van der Waals surface area contributed by atoms with E-state index in [2.05, 4.69) is 37.5 Å². The van der Waals surface area contributed by atoms with Crippen LogP contribution in [0.15, 0.2) is 12.1 Å². The topological polar surface area (TPSA) is 48.0 Å². The molecule has 1 aromatic carbocycles. The van der Waals surface area contributed by atoms with Gasteiger partial charge in [0.2, 0.25) is 5.91 Å². The van der Waals surface area contributed by atoms with E-state index in [1.54, 1.807) is 0 Å². The van der Waals surface area contributed by atoms with Crippen LogP contribution < -0.4 is 5.73 Å². The highest BCUT2D eigenvalue weighted by Crippen LogP contribution is 2.35. The highest BCUT2D eigenvalue weighted by atomic mass is 16.1. The number of primary amides is 1. The molecule has 0 fully saturated rings. The maximum absolute atomic E-state index is 11.5. The fraction of sp³-hybridized carbons (Fsp3) is 0.471. The first-order valence-corrected chi connectivity index (χ1v) is 7.43. The van der Waals surface area contributed by atoms with Crippen molar-refractivity contribution >= 4 is 16.8 Å². The van der Waals surface area contributed by atoms with E-state index >= 15 is 0 Å². The number of rotatable bonds is 2. The smallest absolute Gasteiger partial charge is 0.220 e. The second-order valence-electron chi connectivity index (χ2n) is 5.97. The summed E-state index contributed by atoms with van der Waals surface area (Å²) in [5.74, 6) is -0.156. The third-order valence-electron chi connectivity index (χ3n) is 4.80. The lowest BCUT2D eigenvalue weighted by Crippen LogP contribution is -2.28. The number of amides is 1. The molecule has 106 valence electrons. The minimum Gasteiger partial charge on any atom is -0.369 e. The number of hydrogen-bond donors (Lipinski definition) is 1. The number of carbonyl (C=O) groups is 1. The van der Waals surface area contributed by atoms with Crippen molar-refractivity contribution in [2.24, 2.45) is 11.7 Å². The van der Waals surface area contributed by atoms with Gasteiger partial charge in [0.05, 0.1) is 0 Å². The lowest BCUT2D eigenvalue weighted by atomic mass is 9.85. The van der Waals surface area contributed by atoms with Crippen molar-refractivity contribution in [3.8, 4) is 0 Å². The van der Waals surface area contributed by atoms with Crippen LogP contribution in [-0.2, 0) is 24.2 Å². The molecule has 1 aliphatic rings. The Morgan fingerprint density at radius 1 is 1.35 bits per heavy atom. The van der Waals surface area contributed by atoms with E-state index in [9.17, 15) is 4.79 Å². The highest BCUT2D eigenvalue weighted by Gasteiger charge is 2.27. The molecule has 3 nitrogen and oxygen atoms in total. The zero-order valence-electron chi connectivity index (χ0n) is 12.5. The Hall–Kier alpha value is -1.77. The van der Waals surface area contributed by atoms with Crippen LogP contribution in [0.1, 0.15) is 35.7 Å². The summed E-state index contributed by atoms with van der Waals surface area (Å²) < 4.78 is 2.41. The maximum Gasteiger partial charge on any atom is 0.220 e. The third kappa shape index (κ3) is 1.84. The zero-order chi connectivity index (χ0) is 14.4. The van der Waals surface area contributed by atoms with Crippen LogP contribution in [0.5, 0.6) is 0 Å². The van der Waals surface area contributed by atoms with Crippen LogP contribution in [0.4, 0.5) is 0 Å². The molecule has 0 bridgehead atoms. The van der Waals surface area contributed by atoms with Gasteiger partial charge in [-0.1, -0.05) is 0 Å². The van der Waals surface area contributed by atoms with Crippen LogP contribution >= 0.6 is 0 Å². The fourth-order valence-electron chi connectivity index (χ4n) is 3.51. The Balaban J connectivity index is 2.25. The number of nitrogens with zero attached hydrogens (tertiary/aromatic N) is 1. The molecule has 0 saturated carbocycles. The van der Waals surface area contributed by atoms with Gasteiger partial charge in [-0.3, -0.25) is 4.79 Å². The van der Waals surface area contributed by atoms with Crippen molar-refractivity contribution < 1.29 is 4.79 Å². The van der Waals surface area contributed by atoms with E-state index in [4.69, 9.17) is 5.73 Å². The molecule has 1 heterocycles. The molecule has 2 aromatic rings. The average Bonchev–Trinajstić information content (AvgIpc) is 2.71. The predicted molar refractivity (Wildman–Crippen MR) is 81.8 cm³/mol. The number of nitrogens with two attached hydrogens (primary N) is 1. The number of benzene rings is 1. The Morgan fingerprint density at radius 2 is 2.05 bits per heavy atom. The Bertz CT molecular complexity index is 697. The van der Waals surface area contributed by atoms with E-state index in [-0.39, 0.29) is 11.8 Å². The van der Waals surface area contributed by atoms with Gasteiger partial charge in [-0.05, 0) is 68.9 Å². The van der Waals surface area contributed by atoms with E-state index in [0.717, 1.165) is 25.8 Å². The lowest BCUT2D eigenvalue weighted by molar-refractivity contribution is -0.122. The Morgan fingerprint density at radius 3 is 2.70 bits per heavy atom. The second kappa shape index (κ2) is 4.65. The third-order valence-corrected chi connectivity index (χ3v) is 4.80. The first kappa shape index (κ1) is 13.2. The fourth-order valence-corrected chi connectivity index (χ4v) is 3.51. The number of fused-ring (bicyclic) bond motifs is 3. The molecule has 1 amide bonds. The van der Waals surface area contributed by atoms with Gasteiger partial charge in [0, 0.05) is 29.1 Å². The Kier molecular flexibility index (Phi) is 3.08. The van der Waals surface area contributed by atoms with Crippen molar-refractivity contribution in [2.75, 3.05) is 0 Å². The molecule has 3 heteroatoms. The number of aromatic nitrogens is 1. The number of hydrogen-bond acceptors (Lipinski definition) is 1. The molecule has 0 saturated heterocycles. The van der Waals surface area contributed by atoms with E-state index in [1.807, 2.05) is 0 Å². The van der Waals surface area contributed by atoms with Crippen molar-refractivity contribution in [1.29, 1.82) is 0 Å².